The number of likely N-dealkylation sites (tertiary alicyclic amines) is 1. The Balaban J connectivity index is 2.04. The van der Waals surface area contributed by atoms with Crippen molar-refractivity contribution in [1.29, 1.82) is 0 Å². The standard InChI is InChI=1S/C28H36N2O5/c1-6-29(7-2)17-18-30-25(20-9-15-23(16-10-20)35-19(4)5)24(27(32)28(30)33)26(31)21-11-13-22(14-12-21)34-8-3/h9-16,19,25,31H,6-8,17-18H2,1-5H3/b26-24+/t25-/m0/s1. The van der Waals surface area contributed by atoms with Gasteiger partial charge >= 0.3 is 0 Å². The number of rotatable bonds is 11. The molecule has 1 heterocycles. The summed E-state index contributed by atoms with van der Waals surface area (Å²) in [7, 11) is 0. The van der Waals surface area contributed by atoms with Crippen molar-refractivity contribution < 1.29 is 24.2 Å². The van der Waals surface area contributed by atoms with Crippen LogP contribution in [0.15, 0.2) is 54.1 Å². The minimum atomic E-state index is -0.690. The van der Waals surface area contributed by atoms with Crippen LogP contribution in [0.3, 0.4) is 0 Å². The van der Waals surface area contributed by atoms with E-state index in [1.165, 1.54) is 0 Å². The van der Waals surface area contributed by atoms with Crippen molar-refractivity contribution in [3.63, 3.8) is 0 Å². The highest BCUT2D eigenvalue weighted by atomic mass is 16.5. The quantitative estimate of drug-likeness (QED) is 0.287. The van der Waals surface area contributed by atoms with Crippen LogP contribution in [0.25, 0.3) is 5.76 Å². The largest absolute Gasteiger partial charge is 0.507 e. The van der Waals surface area contributed by atoms with Gasteiger partial charge in [-0.25, -0.2) is 0 Å². The molecule has 1 atom stereocenters. The maximum absolute atomic E-state index is 13.2. The van der Waals surface area contributed by atoms with Gasteiger partial charge in [-0.3, -0.25) is 9.59 Å². The van der Waals surface area contributed by atoms with E-state index in [2.05, 4.69) is 18.7 Å². The van der Waals surface area contributed by atoms with E-state index < -0.39 is 17.7 Å². The molecule has 7 nitrogen and oxygen atoms in total. The second-order valence-electron chi connectivity index (χ2n) is 8.71. The molecule has 2 aromatic rings. The first kappa shape index (κ1) is 26.3. The maximum atomic E-state index is 13.2. The molecule has 188 valence electrons. The molecular weight excluding hydrogens is 444 g/mol. The number of nitrogens with zero attached hydrogens (tertiary/aromatic N) is 2. The number of amides is 1. The Morgan fingerprint density at radius 2 is 1.57 bits per heavy atom. The summed E-state index contributed by atoms with van der Waals surface area (Å²) in [5.74, 6) is -0.0961. The first-order valence-electron chi connectivity index (χ1n) is 12.3. The van der Waals surface area contributed by atoms with E-state index in [-0.39, 0.29) is 17.4 Å². The summed E-state index contributed by atoms with van der Waals surface area (Å²) >= 11 is 0. The van der Waals surface area contributed by atoms with Gasteiger partial charge in [0.25, 0.3) is 11.7 Å². The molecule has 1 amide bonds. The lowest BCUT2D eigenvalue weighted by atomic mass is 9.95. The van der Waals surface area contributed by atoms with Gasteiger partial charge < -0.3 is 24.4 Å². The SMILES string of the molecule is CCOc1ccc(/C(O)=C2\C(=O)C(=O)N(CCN(CC)CC)[C@H]2c2ccc(OC(C)C)cc2)cc1. The molecule has 0 bridgehead atoms. The number of carbonyl (C=O) groups is 2. The zero-order valence-electron chi connectivity index (χ0n) is 21.3. The van der Waals surface area contributed by atoms with Gasteiger partial charge in [-0.15, -0.1) is 0 Å². The lowest BCUT2D eigenvalue weighted by Gasteiger charge is -2.28. The van der Waals surface area contributed by atoms with Crippen LogP contribution in [0.2, 0.25) is 0 Å². The van der Waals surface area contributed by atoms with Crippen molar-refractivity contribution in [2.45, 2.75) is 46.8 Å². The van der Waals surface area contributed by atoms with Crippen molar-refractivity contribution in [2.75, 3.05) is 32.8 Å². The highest BCUT2D eigenvalue weighted by molar-refractivity contribution is 6.46. The number of carbonyl (C=O) groups excluding carboxylic acids is 2. The Bertz CT molecular complexity index is 1040. The van der Waals surface area contributed by atoms with Gasteiger partial charge in [0, 0.05) is 18.7 Å². The highest BCUT2D eigenvalue weighted by Crippen LogP contribution is 2.40. The van der Waals surface area contributed by atoms with Crippen LogP contribution < -0.4 is 9.47 Å². The van der Waals surface area contributed by atoms with Gasteiger partial charge in [-0.2, -0.15) is 0 Å². The van der Waals surface area contributed by atoms with Crippen molar-refractivity contribution in [3.8, 4) is 11.5 Å². The second kappa shape index (κ2) is 11.9. The smallest absolute Gasteiger partial charge is 0.295 e. The van der Waals surface area contributed by atoms with E-state index in [1.54, 1.807) is 29.2 Å². The fourth-order valence-electron chi connectivity index (χ4n) is 4.28. The molecule has 0 saturated carbocycles. The molecule has 1 aliphatic rings. The van der Waals surface area contributed by atoms with Crippen molar-refractivity contribution in [1.82, 2.24) is 9.80 Å². The summed E-state index contributed by atoms with van der Waals surface area (Å²) in [4.78, 5) is 30.1. The zero-order valence-corrected chi connectivity index (χ0v) is 21.3. The summed E-state index contributed by atoms with van der Waals surface area (Å²) in [6.07, 6.45) is 0.0280. The minimum Gasteiger partial charge on any atom is -0.507 e. The highest BCUT2D eigenvalue weighted by Gasteiger charge is 2.46. The first-order valence-corrected chi connectivity index (χ1v) is 12.3. The van der Waals surface area contributed by atoms with E-state index >= 15 is 0 Å². The van der Waals surface area contributed by atoms with Crippen LogP contribution >= 0.6 is 0 Å². The average molecular weight is 481 g/mol. The molecule has 0 spiro atoms. The predicted molar refractivity (Wildman–Crippen MR) is 137 cm³/mol. The first-order chi connectivity index (χ1) is 16.8. The number of aliphatic hydroxyl groups excluding tert-OH is 1. The van der Waals surface area contributed by atoms with E-state index in [1.807, 2.05) is 45.0 Å². The summed E-state index contributed by atoms with van der Waals surface area (Å²) in [5, 5.41) is 11.2. The minimum absolute atomic E-state index is 0.0280. The van der Waals surface area contributed by atoms with Gasteiger partial charge in [0.2, 0.25) is 0 Å². The predicted octanol–water partition coefficient (Wildman–Crippen LogP) is 4.64. The van der Waals surface area contributed by atoms with E-state index in [0.29, 0.717) is 36.8 Å². The molecule has 1 aliphatic heterocycles. The molecule has 1 N–H and O–H groups in total. The number of benzene rings is 2. The molecule has 2 aromatic carbocycles. The molecule has 3 rings (SSSR count). The third-order valence-electron chi connectivity index (χ3n) is 6.10. The van der Waals surface area contributed by atoms with Crippen LogP contribution in [-0.2, 0) is 9.59 Å². The molecule has 0 aliphatic carbocycles. The molecule has 1 saturated heterocycles. The van der Waals surface area contributed by atoms with Crippen molar-refractivity contribution in [2.24, 2.45) is 0 Å². The fraction of sp³-hybridized carbons (Fsp3) is 0.429. The normalized spacial score (nSPS) is 17.5. The number of ketones is 1. The summed E-state index contributed by atoms with van der Waals surface area (Å²) < 4.78 is 11.2. The van der Waals surface area contributed by atoms with E-state index in [0.717, 1.165) is 18.7 Å². The molecule has 0 unspecified atom stereocenters. The van der Waals surface area contributed by atoms with E-state index in [9.17, 15) is 14.7 Å². The lowest BCUT2D eigenvalue weighted by Crippen LogP contribution is -2.38. The van der Waals surface area contributed by atoms with Gasteiger partial charge in [-0.1, -0.05) is 26.0 Å². The number of Topliss-reactive ketones (excluding diaryl/α,β-unsaturated/α-hetero) is 1. The molecule has 1 fully saturated rings. The van der Waals surface area contributed by atoms with Crippen LogP contribution in [0.1, 0.15) is 51.8 Å². The van der Waals surface area contributed by atoms with Crippen molar-refractivity contribution >= 4 is 17.4 Å². The molecule has 0 radical (unpaired) electrons. The Labute approximate surface area is 207 Å². The third-order valence-corrected chi connectivity index (χ3v) is 6.10. The number of ether oxygens (including phenoxy) is 2. The Morgan fingerprint density at radius 3 is 2.11 bits per heavy atom. The topological polar surface area (TPSA) is 79.3 Å². The summed E-state index contributed by atoms with van der Waals surface area (Å²) in [5.41, 5.74) is 1.29. The van der Waals surface area contributed by atoms with E-state index in [4.69, 9.17) is 9.47 Å². The second-order valence-corrected chi connectivity index (χ2v) is 8.71. The van der Waals surface area contributed by atoms with Crippen LogP contribution in [0.4, 0.5) is 0 Å². The molecular formula is C28H36N2O5. The monoisotopic (exact) mass is 480 g/mol. The van der Waals surface area contributed by atoms with Gasteiger partial charge in [0.15, 0.2) is 0 Å². The zero-order chi connectivity index (χ0) is 25.5. The molecule has 35 heavy (non-hydrogen) atoms. The van der Waals surface area contributed by atoms with Gasteiger partial charge in [0.05, 0.1) is 24.3 Å². The Morgan fingerprint density at radius 1 is 0.971 bits per heavy atom. The van der Waals surface area contributed by atoms with Crippen molar-refractivity contribution in [3.05, 3.63) is 65.2 Å². The summed E-state index contributed by atoms with van der Waals surface area (Å²) in [6.45, 7) is 13.2. The van der Waals surface area contributed by atoms with Crippen LogP contribution in [-0.4, -0.2) is 65.5 Å². The summed E-state index contributed by atoms with van der Waals surface area (Å²) in [6, 6.07) is 13.5. The van der Waals surface area contributed by atoms with Gasteiger partial charge in [0.1, 0.15) is 17.3 Å². The third kappa shape index (κ3) is 6.03. The number of hydrogen-bond donors (Lipinski definition) is 1. The maximum Gasteiger partial charge on any atom is 0.295 e. The lowest BCUT2D eigenvalue weighted by molar-refractivity contribution is -0.140. The fourth-order valence-corrected chi connectivity index (χ4v) is 4.28. The number of hydrogen-bond acceptors (Lipinski definition) is 6. The van der Waals surface area contributed by atoms with Crippen LogP contribution in [0, 0.1) is 0 Å². The number of aliphatic hydroxyl groups is 1. The molecule has 7 heteroatoms. The Hall–Kier alpha value is -3.32. The average Bonchev–Trinajstić information content (AvgIpc) is 3.10. The van der Waals surface area contributed by atoms with Crippen LogP contribution in [0.5, 0.6) is 11.5 Å². The number of likely N-dealkylation sites (N-methyl/N-ethyl adjacent to an activating group) is 1. The Kier molecular flexibility index (Phi) is 8.93. The molecule has 0 aromatic heterocycles. The van der Waals surface area contributed by atoms with Gasteiger partial charge in [-0.05, 0) is 75.8 Å².